The van der Waals surface area contributed by atoms with Gasteiger partial charge in [-0.1, -0.05) is 0 Å². The molecule has 0 aliphatic carbocycles. The first-order valence-corrected chi connectivity index (χ1v) is 5.34. The molecule has 7 nitrogen and oxygen atoms in total. The smallest absolute Gasteiger partial charge is 0.330 e. The van der Waals surface area contributed by atoms with E-state index in [0.29, 0.717) is 6.42 Å². The first-order chi connectivity index (χ1) is 8.15. The zero-order chi connectivity index (χ0) is 12.4. The summed E-state index contributed by atoms with van der Waals surface area (Å²) in [6.07, 6.45) is 0.728. The minimum Gasteiger partial charge on any atom is -0.396 e. The number of aromatic nitrogens is 2. The molecule has 2 heterocycles. The first-order valence-electron chi connectivity index (χ1n) is 5.34. The lowest BCUT2D eigenvalue weighted by atomic mass is 10.0. The number of hydrogen-bond acceptors (Lipinski definition) is 5. The molecule has 1 aromatic heterocycles. The van der Waals surface area contributed by atoms with Crippen molar-refractivity contribution in [1.29, 1.82) is 0 Å². The average Bonchev–Trinajstić information content (AvgIpc) is 2.72. The van der Waals surface area contributed by atoms with Crippen molar-refractivity contribution in [2.24, 2.45) is 5.92 Å². The normalized spacial score (nSPS) is 28.5. The van der Waals surface area contributed by atoms with Gasteiger partial charge in [0.05, 0.1) is 12.7 Å². The molecule has 0 amide bonds. The van der Waals surface area contributed by atoms with Gasteiger partial charge in [-0.25, -0.2) is 4.79 Å². The van der Waals surface area contributed by atoms with Gasteiger partial charge >= 0.3 is 5.69 Å². The van der Waals surface area contributed by atoms with Gasteiger partial charge in [0.25, 0.3) is 5.56 Å². The highest BCUT2D eigenvalue weighted by atomic mass is 16.5. The second-order valence-corrected chi connectivity index (χ2v) is 4.01. The van der Waals surface area contributed by atoms with E-state index in [4.69, 9.17) is 14.9 Å². The predicted octanol–water partition coefficient (Wildman–Crippen LogP) is -1.58. The van der Waals surface area contributed by atoms with Crippen LogP contribution < -0.4 is 11.2 Å². The number of aliphatic hydroxyl groups is 2. The second kappa shape index (κ2) is 4.82. The Morgan fingerprint density at radius 1 is 1.41 bits per heavy atom. The largest absolute Gasteiger partial charge is 0.396 e. The van der Waals surface area contributed by atoms with E-state index < -0.39 is 23.6 Å². The Labute approximate surface area is 96.3 Å². The van der Waals surface area contributed by atoms with Crippen LogP contribution in [0, 0.1) is 5.92 Å². The standard InChI is InChI=1S/C10H14N2O5/c13-4-6-3-9(17-7(6)5-14)12-2-1-8(15)11-10(12)16/h1-2,6-7,9,13-14H,3-5H2,(H,11,15,16)/t6?,7-,9-/m0/s1. The Balaban J connectivity index is 2.25. The summed E-state index contributed by atoms with van der Waals surface area (Å²) in [6, 6.07) is 1.23. The maximum absolute atomic E-state index is 11.5. The molecule has 0 saturated carbocycles. The van der Waals surface area contributed by atoms with Gasteiger partial charge in [0.1, 0.15) is 6.23 Å². The molecule has 7 heteroatoms. The third-order valence-electron chi connectivity index (χ3n) is 2.94. The van der Waals surface area contributed by atoms with Gasteiger partial charge in [-0.05, 0) is 0 Å². The molecule has 0 aromatic carbocycles. The number of rotatable bonds is 3. The molecular weight excluding hydrogens is 228 g/mol. The summed E-state index contributed by atoms with van der Waals surface area (Å²) in [6.45, 7) is -0.320. The molecule has 1 aliphatic rings. The summed E-state index contributed by atoms with van der Waals surface area (Å²) >= 11 is 0. The van der Waals surface area contributed by atoms with Crippen molar-refractivity contribution in [1.82, 2.24) is 9.55 Å². The Morgan fingerprint density at radius 3 is 2.71 bits per heavy atom. The quantitative estimate of drug-likeness (QED) is 0.593. The lowest BCUT2D eigenvalue weighted by Crippen LogP contribution is -2.31. The maximum atomic E-state index is 11.5. The van der Waals surface area contributed by atoms with Gasteiger partial charge in [0.2, 0.25) is 0 Å². The van der Waals surface area contributed by atoms with Crippen molar-refractivity contribution in [3.8, 4) is 0 Å². The van der Waals surface area contributed by atoms with E-state index in [-0.39, 0.29) is 19.1 Å². The summed E-state index contributed by atoms with van der Waals surface area (Å²) in [5.74, 6) is -0.205. The van der Waals surface area contributed by atoms with Crippen LogP contribution in [-0.4, -0.2) is 39.1 Å². The van der Waals surface area contributed by atoms with Crippen LogP contribution in [-0.2, 0) is 4.74 Å². The summed E-state index contributed by atoms with van der Waals surface area (Å²) in [5, 5.41) is 18.2. The second-order valence-electron chi connectivity index (χ2n) is 4.01. The molecule has 3 atom stereocenters. The Morgan fingerprint density at radius 2 is 2.18 bits per heavy atom. The molecule has 2 rings (SSSR count). The van der Waals surface area contributed by atoms with Crippen LogP contribution in [0.25, 0.3) is 0 Å². The number of aromatic amines is 1. The number of nitrogens with zero attached hydrogens (tertiary/aromatic N) is 1. The minimum absolute atomic E-state index is 0.111. The number of nitrogens with one attached hydrogen (secondary N) is 1. The van der Waals surface area contributed by atoms with Crippen LogP contribution in [0.4, 0.5) is 0 Å². The van der Waals surface area contributed by atoms with E-state index >= 15 is 0 Å². The lowest BCUT2D eigenvalue weighted by Gasteiger charge is -2.14. The minimum atomic E-state index is -0.561. The topological polar surface area (TPSA) is 105 Å². The molecule has 3 N–H and O–H groups in total. The molecule has 1 fully saturated rings. The zero-order valence-corrected chi connectivity index (χ0v) is 9.07. The van der Waals surface area contributed by atoms with E-state index in [1.165, 1.54) is 16.8 Å². The Bertz CT molecular complexity index is 482. The highest BCUT2D eigenvalue weighted by molar-refractivity contribution is 4.88. The first kappa shape index (κ1) is 12.0. The lowest BCUT2D eigenvalue weighted by molar-refractivity contribution is -0.0366. The van der Waals surface area contributed by atoms with E-state index in [1.807, 2.05) is 0 Å². The average molecular weight is 242 g/mol. The van der Waals surface area contributed by atoms with Crippen LogP contribution in [0.1, 0.15) is 12.6 Å². The third kappa shape index (κ3) is 2.31. The molecule has 94 valence electrons. The van der Waals surface area contributed by atoms with Crippen molar-refractivity contribution in [2.45, 2.75) is 18.8 Å². The number of hydrogen-bond donors (Lipinski definition) is 3. The highest BCUT2D eigenvalue weighted by Gasteiger charge is 2.35. The fourth-order valence-electron chi connectivity index (χ4n) is 2.00. The van der Waals surface area contributed by atoms with Crippen LogP contribution >= 0.6 is 0 Å². The van der Waals surface area contributed by atoms with Crippen molar-refractivity contribution in [3.63, 3.8) is 0 Å². The van der Waals surface area contributed by atoms with Crippen molar-refractivity contribution >= 4 is 0 Å². The van der Waals surface area contributed by atoms with E-state index in [1.54, 1.807) is 0 Å². The fraction of sp³-hybridized carbons (Fsp3) is 0.600. The zero-order valence-electron chi connectivity index (χ0n) is 9.07. The highest BCUT2D eigenvalue weighted by Crippen LogP contribution is 2.31. The monoisotopic (exact) mass is 242 g/mol. The number of aliphatic hydroxyl groups excluding tert-OH is 2. The molecule has 0 bridgehead atoms. The summed E-state index contributed by atoms with van der Waals surface area (Å²) in [4.78, 5) is 24.6. The van der Waals surface area contributed by atoms with Crippen molar-refractivity contribution < 1.29 is 14.9 Å². The van der Waals surface area contributed by atoms with Crippen LogP contribution in [0.3, 0.4) is 0 Å². The SMILES string of the molecule is O=c1ccn([C@@H]2CC(CO)[C@H](CO)O2)c(=O)[nH]1. The molecule has 17 heavy (non-hydrogen) atoms. The number of H-pyrrole nitrogens is 1. The molecule has 0 radical (unpaired) electrons. The molecule has 1 aliphatic heterocycles. The van der Waals surface area contributed by atoms with Gasteiger partial charge in [0.15, 0.2) is 0 Å². The summed E-state index contributed by atoms with van der Waals surface area (Å²) in [7, 11) is 0. The fourth-order valence-corrected chi connectivity index (χ4v) is 2.00. The Hall–Kier alpha value is -1.44. The summed E-state index contributed by atoms with van der Waals surface area (Å²) < 4.78 is 6.70. The maximum Gasteiger partial charge on any atom is 0.330 e. The number of ether oxygens (including phenoxy) is 1. The Kier molecular flexibility index (Phi) is 3.41. The van der Waals surface area contributed by atoms with Crippen LogP contribution in [0.5, 0.6) is 0 Å². The molecule has 0 spiro atoms. The molecular formula is C10H14N2O5. The van der Waals surface area contributed by atoms with Crippen molar-refractivity contribution in [2.75, 3.05) is 13.2 Å². The van der Waals surface area contributed by atoms with Crippen LogP contribution in [0.2, 0.25) is 0 Å². The third-order valence-corrected chi connectivity index (χ3v) is 2.94. The van der Waals surface area contributed by atoms with E-state index in [0.717, 1.165) is 0 Å². The van der Waals surface area contributed by atoms with E-state index in [2.05, 4.69) is 4.98 Å². The van der Waals surface area contributed by atoms with Crippen molar-refractivity contribution in [3.05, 3.63) is 33.1 Å². The molecule has 1 saturated heterocycles. The molecule has 1 aromatic rings. The van der Waals surface area contributed by atoms with Crippen LogP contribution in [0.15, 0.2) is 21.9 Å². The van der Waals surface area contributed by atoms with Gasteiger partial charge < -0.3 is 14.9 Å². The van der Waals surface area contributed by atoms with Gasteiger partial charge in [0, 0.05) is 31.2 Å². The van der Waals surface area contributed by atoms with Gasteiger partial charge in [-0.15, -0.1) is 0 Å². The van der Waals surface area contributed by atoms with Gasteiger partial charge in [-0.3, -0.25) is 14.3 Å². The van der Waals surface area contributed by atoms with E-state index in [9.17, 15) is 9.59 Å². The predicted molar refractivity (Wildman–Crippen MR) is 57.5 cm³/mol. The molecule has 1 unspecified atom stereocenters. The van der Waals surface area contributed by atoms with Gasteiger partial charge in [-0.2, -0.15) is 0 Å². The summed E-state index contributed by atoms with van der Waals surface area (Å²) in [5.41, 5.74) is -1.03.